The van der Waals surface area contributed by atoms with Crippen LogP contribution in [0.15, 0.2) is 0 Å². The van der Waals surface area contributed by atoms with Gasteiger partial charge in [-0.25, -0.2) is 0 Å². The third kappa shape index (κ3) is 6.67. The Morgan fingerprint density at radius 2 is 2.12 bits per heavy atom. The Morgan fingerprint density at radius 3 is 2.62 bits per heavy atom. The molecular formula is C6H14OTi. The third-order valence-electron chi connectivity index (χ3n) is 0.879. The Labute approximate surface area is 61.2 Å². The van der Waals surface area contributed by atoms with Gasteiger partial charge in [-0.05, 0) is 0 Å². The summed E-state index contributed by atoms with van der Waals surface area (Å²) in [6.45, 7) is 5.21. The molecule has 0 N–H and O–H groups in total. The maximum absolute atomic E-state index is 5.26. The van der Waals surface area contributed by atoms with Crippen molar-refractivity contribution in [3.8, 4) is 0 Å². The molecule has 0 amide bonds. The average Bonchev–Trinajstić information content (AvgIpc) is 1.81. The fourth-order valence-electron chi connectivity index (χ4n) is 0.423. The van der Waals surface area contributed by atoms with Gasteiger partial charge in [0.2, 0.25) is 0 Å². The Balaban J connectivity index is 2.53. The van der Waals surface area contributed by atoms with Crippen molar-refractivity contribution >= 4 is 0 Å². The van der Waals surface area contributed by atoms with E-state index in [-0.39, 0.29) is 19.5 Å². The van der Waals surface area contributed by atoms with E-state index in [4.69, 9.17) is 3.32 Å². The molecule has 0 aromatic rings. The predicted octanol–water partition coefficient (Wildman–Crippen LogP) is 2.24. The van der Waals surface area contributed by atoms with Crippen molar-refractivity contribution in [3.63, 3.8) is 0 Å². The second-order valence-electron chi connectivity index (χ2n) is 1.68. The maximum atomic E-state index is 5.26. The first kappa shape index (κ1) is 8.67. The standard InChI is InChI=1S/C4H9.C2H5O.Ti/c1-3-4-2;1-2-3;/h1,3-4H2,2H3;2H2,1H3;/q;-1;+1. The summed E-state index contributed by atoms with van der Waals surface area (Å²) in [6.07, 6.45) is 2.68. The molecule has 0 saturated heterocycles. The molecule has 0 aliphatic heterocycles. The van der Waals surface area contributed by atoms with Crippen LogP contribution in [0.3, 0.4) is 0 Å². The van der Waals surface area contributed by atoms with Gasteiger partial charge in [-0.15, -0.1) is 0 Å². The summed E-state index contributed by atoms with van der Waals surface area (Å²) in [6, 6.07) is 0. The zero-order valence-corrected chi connectivity index (χ0v) is 7.30. The molecule has 0 aromatic heterocycles. The molecule has 0 aliphatic rings. The average molecular weight is 150 g/mol. The van der Waals surface area contributed by atoms with E-state index in [1.807, 2.05) is 0 Å². The van der Waals surface area contributed by atoms with Crippen molar-refractivity contribution in [1.29, 1.82) is 0 Å². The van der Waals surface area contributed by atoms with Gasteiger partial charge in [-0.2, -0.15) is 0 Å². The van der Waals surface area contributed by atoms with Gasteiger partial charge in [-0.1, -0.05) is 0 Å². The van der Waals surface area contributed by atoms with Crippen LogP contribution in [0.25, 0.3) is 0 Å². The van der Waals surface area contributed by atoms with Crippen molar-refractivity contribution in [2.24, 2.45) is 0 Å². The molecule has 0 saturated carbocycles. The van der Waals surface area contributed by atoms with E-state index < -0.39 is 0 Å². The summed E-state index contributed by atoms with van der Waals surface area (Å²) in [5, 5.41) is 0. The van der Waals surface area contributed by atoms with Crippen LogP contribution >= 0.6 is 0 Å². The number of rotatable bonds is 5. The van der Waals surface area contributed by atoms with Crippen molar-refractivity contribution in [3.05, 3.63) is 0 Å². The first-order valence-electron chi connectivity index (χ1n) is 3.26. The molecule has 2 heteroatoms. The Bertz CT molecular complexity index is 33.5. The Kier molecular flexibility index (Phi) is 8.32. The molecule has 0 rings (SSSR count). The van der Waals surface area contributed by atoms with Crippen molar-refractivity contribution < 1.29 is 22.9 Å². The van der Waals surface area contributed by atoms with Gasteiger partial charge >= 0.3 is 60.9 Å². The van der Waals surface area contributed by atoms with E-state index in [0.29, 0.717) is 0 Å². The summed E-state index contributed by atoms with van der Waals surface area (Å²) in [5.41, 5.74) is 0. The molecule has 0 atom stereocenters. The molecule has 0 spiro atoms. The van der Waals surface area contributed by atoms with Crippen LogP contribution in [0.2, 0.25) is 4.73 Å². The van der Waals surface area contributed by atoms with Crippen LogP contribution in [-0.2, 0) is 22.9 Å². The molecule has 0 bridgehead atoms. The van der Waals surface area contributed by atoms with E-state index in [1.165, 1.54) is 17.6 Å². The van der Waals surface area contributed by atoms with Gasteiger partial charge in [0.15, 0.2) is 0 Å². The zero-order valence-electron chi connectivity index (χ0n) is 5.74. The second kappa shape index (κ2) is 7.67. The van der Waals surface area contributed by atoms with E-state index in [9.17, 15) is 0 Å². The van der Waals surface area contributed by atoms with Crippen LogP contribution in [0.1, 0.15) is 26.7 Å². The first-order valence-corrected chi connectivity index (χ1v) is 5.00. The molecule has 48 valence electrons. The molecular weight excluding hydrogens is 136 g/mol. The molecule has 0 heterocycles. The van der Waals surface area contributed by atoms with E-state index in [2.05, 4.69) is 13.8 Å². The summed E-state index contributed by atoms with van der Waals surface area (Å²) in [7, 11) is 0. The molecule has 0 unspecified atom stereocenters. The Hall–Kier alpha value is 0.674. The molecule has 0 aliphatic carbocycles. The molecule has 1 nitrogen and oxygen atoms in total. The van der Waals surface area contributed by atoms with Crippen molar-refractivity contribution in [1.82, 2.24) is 0 Å². The van der Waals surface area contributed by atoms with Crippen LogP contribution in [0.4, 0.5) is 0 Å². The SMILES string of the molecule is CCC[CH2][Ti][O]CC. The van der Waals surface area contributed by atoms with Gasteiger partial charge in [-0.3, -0.25) is 0 Å². The summed E-state index contributed by atoms with van der Waals surface area (Å²) in [5.74, 6) is 0. The van der Waals surface area contributed by atoms with Gasteiger partial charge in [0.1, 0.15) is 0 Å². The number of hydrogen-bond donors (Lipinski definition) is 0. The Morgan fingerprint density at radius 1 is 1.38 bits per heavy atom. The number of unbranched alkanes of at least 4 members (excludes halogenated alkanes) is 1. The van der Waals surface area contributed by atoms with Crippen LogP contribution < -0.4 is 0 Å². The number of hydrogen-bond acceptors (Lipinski definition) is 1. The molecule has 0 fully saturated rings. The first-order chi connectivity index (χ1) is 3.91. The van der Waals surface area contributed by atoms with Gasteiger partial charge in [0.05, 0.1) is 0 Å². The molecule has 0 radical (unpaired) electrons. The fourth-order valence-corrected chi connectivity index (χ4v) is 1.74. The van der Waals surface area contributed by atoms with Gasteiger partial charge < -0.3 is 0 Å². The molecule has 8 heavy (non-hydrogen) atoms. The summed E-state index contributed by atoms with van der Waals surface area (Å²) < 4.78 is 6.61. The third-order valence-corrected chi connectivity index (χ3v) is 2.52. The van der Waals surface area contributed by atoms with Crippen LogP contribution in [0, 0.1) is 0 Å². The van der Waals surface area contributed by atoms with Crippen molar-refractivity contribution in [2.75, 3.05) is 6.61 Å². The summed E-state index contributed by atoms with van der Waals surface area (Å²) in [4.78, 5) is 0. The predicted molar refractivity (Wildman–Crippen MR) is 31.3 cm³/mol. The minimum absolute atomic E-state index is 0.00514. The second-order valence-corrected chi connectivity index (χ2v) is 3.36. The topological polar surface area (TPSA) is 9.23 Å². The van der Waals surface area contributed by atoms with Crippen LogP contribution in [0.5, 0.6) is 0 Å². The fraction of sp³-hybridized carbons (Fsp3) is 1.00. The van der Waals surface area contributed by atoms with Gasteiger partial charge in [0, 0.05) is 0 Å². The van der Waals surface area contributed by atoms with Crippen LogP contribution in [-0.4, -0.2) is 6.61 Å². The molecule has 0 aromatic carbocycles. The normalized spacial score (nSPS) is 9.25. The minimum atomic E-state index is 0.00514. The van der Waals surface area contributed by atoms with E-state index >= 15 is 0 Å². The van der Waals surface area contributed by atoms with Crippen molar-refractivity contribution in [2.45, 2.75) is 31.4 Å². The van der Waals surface area contributed by atoms with E-state index in [1.54, 1.807) is 0 Å². The summed E-state index contributed by atoms with van der Waals surface area (Å²) >= 11 is 0.00514. The zero-order chi connectivity index (χ0) is 6.24. The van der Waals surface area contributed by atoms with Gasteiger partial charge in [0.25, 0.3) is 0 Å². The quantitative estimate of drug-likeness (QED) is 0.431. The van der Waals surface area contributed by atoms with E-state index in [0.717, 1.165) is 6.61 Å². The monoisotopic (exact) mass is 150 g/mol.